The lowest BCUT2D eigenvalue weighted by Crippen LogP contribution is -2.47. The van der Waals surface area contributed by atoms with Gasteiger partial charge in [0, 0.05) is 25.7 Å². The Labute approximate surface area is 130 Å². The Hall–Kier alpha value is -0.610. The summed E-state index contributed by atoms with van der Waals surface area (Å²) in [5.41, 5.74) is 0. The minimum Gasteiger partial charge on any atom is -0.341 e. The van der Waals surface area contributed by atoms with Crippen LogP contribution in [-0.2, 0) is 4.79 Å². The number of carbonyl (C=O) groups excluding carboxylic acids is 1. The Balaban J connectivity index is 1.74. The second-order valence-corrected chi connectivity index (χ2v) is 6.83. The number of carbonyl (C=O) groups is 1. The summed E-state index contributed by atoms with van der Waals surface area (Å²) in [6.07, 6.45) is 10.0. The van der Waals surface area contributed by atoms with Crippen molar-refractivity contribution in [1.29, 1.82) is 0 Å². The quantitative estimate of drug-likeness (QED) is 0.845. The third-order valence-corrected chi connectivity index (χ3v) is 5.18. The van der Waals surface area contributed by atoms with E-state index in [4.69, 9.17) is 0 Å². The van der Waals surface area contributed by atoms with Gasteiger partial charge in [0.25, 0.3) is 0 Å². The molecule has 2 heterocycles. The Bertz CT molecular complexity index is 307. The summed E-state index contributed by atoms with van der Waals surface area (Å²) < 4.78 is 0. The second-order valence-electron chi connectivity index (χ2n) is 6.83. The molecule has 2 atom stereocenters. The lowest BCUT2D eigenvalue weighted by molar-refractivity contribution is -0.135. The zero-order chi connectivity index (χ0) is 15.1. The minimum atomic E-state index is 0.0201. The normalized spacial score (nSPS) is 25.7. The van der Waals surface area contributed by atoms with E-state index in [0.717, 1.165) is 32.6 Å². The van der Waals surface area contributed by atoms with Crippen LogP contribution in [0.15, 0.2) is 0 Å². The molecule has 2 unspecified atom stereocenters. The molecule has 2 fully saturated rings. The van der Waals surface area contributed by atoms with E-state index in [-0.39, 0.29) is 6.04 Å². The highest BCUT2D eigenvalue weighted by Gasteiger charge is 2.25. The number of likely N-dealkylation sites (tertiary alicyclic amines) is 1. The maximum Gasteiger partial charge on any atom is 0.239 e. The van der Waals surface area contributed by atoms with Crippen LogP contribution in [0.5, 0.6) is 0 Å². The summed E-state index contributed by atoms with van der Waals surface area (Å²) in [6.45, 7) is 6.17. The standard InChI is InChI=1S/C17H33N3O/c1-15(17(21)20-12-7-3-4-8-13-20)19(2)14-10-16-9-5-6-11-18-16/h15-16,18H,3-14H2,1-2H3. The van der Waals surface area contributed by atoms with Crippen molar-refractivity contribution in [3.63, 3.8) is 0 Å². The molecule has 2 aliphatic rings. The molecule has 0 bridgehead atoms. The predicted molar refractivity (Wildman–Crippen MR) is 87.4 cm³/mol. The van der Waals surface area contributed by atoms with E-state index in [9.17, 15) is 4.79 Å². The maximum absolute atomic E-state index is 12.6. The molecule has 4 heteroatoms. The fourth-order valence-corrected chi connectivity index (χ4v) is 3.47. The van der Waals surface area contributed by atoms with Crippen molar-refractivity contribution in [3.05, 3.63) is 0 Å². The Morgan fingerprint density at radius 2 is 1.90 bits per heavy atom. The third kappa shape index (κ3) is 5.26. The van der Waals surface area contributed by atoms with Crippen LogP contribution in [0.4, 0.5) is 0 Å². The molecule has 1 N–H and O–H groups in total. The van der Waals surface area contributed by atoms with Crippen LogP contribution in [0.2, 0.25) is 0 Å². The SMILES string of the molecule is CC(C(=O)N1CCCCCC1)N(C)CCC1CCCCN1. The average Bonchev–Trinajstić information content (AvgIpc) is 2.81. The number of nitrogens with one attached hydrogen (secondary N) is 1. The van der Waals surface area contributed by atoms with E-state index in [2.05, 4.69) is 29.1 Å². The van der Waals surface area contributed by atoms with Gasteiger partial charge < -0.3 is 10.2 Å². The van der Waals surface area contributed by atoms with Crippen LogP contribution in [0.3, 0.4) is 0 Å². The minimum absolute atomic E-state index is 0.0201. The summed E-state index contributed by atoms with van der Waals surface area (Å²) in [6, 6.07) is 0.674. The molecule has 2 aliphatic heterocycles. The Morgan fingerprint density at radius 3 is 2.52 bits per heavy atom. The van der Waals surface area contributed by atoms with Crippen LogP contribution in [-0.4, -0.2) is 61.0 Å². The van der Waals surface area contributed by atoms with Crippen molar-refractivity contribution in [1.82, 2.24) is 15.1 Å². The van der Waals surface area contributed by atoms with Crippen molar-refractivity contribution in [3.8, 4) is 0 Å². The van der Waals surface area contributed by atoms with Crippen molar-refractivity contribution in [2.45, 2.75) is 70.4 Å². The van der Waals surface area contributed by atoms with Gasteiger partial charge in [-0.3, -0.25) is 9.69 Å². The van der Waals surface area contributed by atoms with Gasteiger partial charge in [-0.1, -0.05) is 19.3 Å². The first-order valence-corrected chi connectivity index (χ1v) is 8.91. The number of hydrogen-bond donors (Lipinski definition) is 1. The highest BCUT2D eigenvalue weighted by atomic mass is 16.2. The van der Waals surface area contributed by atoms with Gasteiger partial charge in [0.15, 0.2) is 0 Å². The average molecular weight is 295 g/mol. The smallest absolute Gasteiger partial charge is 0.239 e. The highest BCUT2D eigenvalue weighted by molar-refractivity contribution is 5.81. The van der Waals surface area contributed by atoms with Crippen LogP contribution >= 0.6 is 0 Å². The molecule has 0 aliphatic carbocycles. The molecule has 0 aromatic heterocycles. The van der Waals surface area contributed by atoms with Gasteiger partial charge in [0.05, 0.1) is 6.04 Å². The highest BCUT2D eigenvalue weighted by Crippen LogP contribution is 2.14. The molecular weight excluding hydrogens is 262 g/mol. The third-order valence-electron chi connectivity index (χ3n) is 5.18. The summed E-state index contributed by atoms with van der Waals surface area (Å²) >= 11 is 0. The topological polar surface area (TPSA) is 35.6 Å². The molecule has 4 nitrogen and oxygen atoms in total. The summed E-state index contributed by atoms with van der Waals surface area (Å²) in [5.74, 6) is 0.330. The number of hydrogen-bond acceptors (Lipinski definition) is 3. The molecule has 0 saturated carbocycles. The first-order chi connectivity index (χ1) is 10.2. The molecule has 21 heavy (non-hydrogen) atoms. The van der Waals surface area contributed by atoms with Gasteiger partial charge in [-0.05, 0) is 52.6 Å². The van der Waals surface area contributed by atoms with Crippen molar-refractivity contribution >= 4 is 5.91 Å². The molecule has 1 amide bonds. The molecule has 2 saturated heterocycles. The van der Waals surface area contributed by atoms with Crippen molar-refractivity contribution < 1.29 is 4.79 Å². The van der Waals surface area contributed by atoms with E-state index in [1.165, 1.54) is 44.9 Å². The summed E-state index contributed by atoms with van der Waals surface area (Å²) in [7, 11) is 2.10. The van der Waals surface area contributed by atoms with Crippen molar-refractivity contribution in [2.75, 3.05) is 33.2 Å². The van der Waals surface area contributed by atoms with E-state index in [1.807, 2.05) is 0 Å². The Morgan fingerprint density at radius 1 is 1.19 bits per heavy atom. The number of piperidine rings is 1. The monoisotopic (exact) mass is 295 g/mol. The van der Waals surface area contributed by atoms with Crippen molar-refractivity contribution in [2.24, 2.45) is 0 Å². The zero-order valence-electron chi connectivity index (χ0n) is 13.9. The number of rotatable bonds is 5. The fourth-order valence-electron chi connectivity index (χ4n) is 3.47. The second kappa shape index (κ2) is 8.74. The van der Waals surface area contributed by atoms with Gasteiger partial charge >= 0.3 is 0 Å². The Kier molecular flexibility index (Phi) is 6.97. The maximum atomic E-state index is 12.6. The lowest BCUT2D eigenvalue weighted by atomic mass is 10.0. The molecule has 0 radical (unpaired) electrons. The fraction of sp³-hybridized carbons (Fsp3) is 0.941. The molecule has 122 valence electrons. The van der Waals surface area contributed by atoms with Crippen LogP contribution < -0.4 is 5.32 Å². The van der Waals surface area contributed by atoms with E-state index < -0.39 is 0 Å². The van der Waals surface area contributed by atoms with Crippen LogP contribution in [0.25, 0.3) is 0 Å². The molecule has 2 rings (SSSR count). The van der Waals surface area contributed by atoms with Gasteiger partial charge in [-0.15, -0.1) is 0 Å². The first-order valence-electron chi connectivity index (χ1n) is 8.91. The van der Waals surface area contributed by atoms with E-state index >= 15 is 0 Å². The van der Waals surface area contributed by atoms with E-state index in [0.29, 0.717) is 11.9 Å². The predicted octanol–water partition coefficient (Wildman–Crippen LogP) is 2.24. The molecule has 0 spiro atoms. The number of likely N-dealkylation sites (N-methyl/N-ethyl adjacent to an activating group) is 1. The molecular formula is C17H33N3O. The first kappa shape index (κ1) is 16.8. The number of amides is 1. The lowest BCUT2D eigenvalue weighted by Gasteiger charge is -2.31. The number of nitrogens with zero attached hydrogens (tertiary/aromatic N) is 2. The molecule has 0 aromatic carbocycles. The van der Waals surface area contributed by atoms with Gasteiger partial charge in [-0.2, -0.15) is 0 Å². The van der Waals surface area contributed by atoms with E-state index in [1.54, 1.807) is 0 Å². The summed E-state index contributed by atoms with van der Waals surface area (Å²) in [4.78, 5) is 16.9. The van der Waals surface area contributed by atoms with Gasteiger partial charge in [0.1, 0.15) is 0 Å². The van der Waals surface area contributed by atoms with Crippen LogP contribution in [0.1, 0.15) is 58.3 Å². The van der Waals surface area contributed by atoms with Crippen LogP contribution in [0, 0.1) is 0 Å². The zero-order valence-corrected chi connectivity index (χ0v) is 13.9. The van der Waals surface area contributed by atoms with Gasteiger partial charge in [-0.25, -0.2) is 0 Å². The largest absolute Gasteiger partial charge is 0.341 e. The summed E-state index contributed by atoms with van der Waals surface area (Å²) in [5, 5.41) is 3.59. The van der Waals surface area contributed by atoms with Gasteiger partial charge in [0.2, 0.25) is 5.91 Å². The molecule has 0 aromatic rings.